The Labute approximate surface area is 117 Å². The number of nitrogens with zero attached hydrogens (tertiary/aromatic N) is 1. The van der Waals surface area contributed by atoms with Gasteiger partial charge in [-0.1, -0.05) is 17.7 Å². The number of carbonyl (C=O) groups excluding carboxylic acids is 1. The van der Waals surface area contributed by atoms with Crippen molar-refractivity contribution in [2.75, 3.05) is 6.54 Å². The Hall–Kier alpha value is -1.11. The normalized spacial score (nSPS) is 20.6. The average molecular weight is 303 g/mol. The predicted molar refractivity (Wildman–Crippen MR) is 72.3 cm³/mol. The van der Waals surface area contributed by atoms with Gasteiger partial charge in [-0.3, -0.25) is 4.79 Å². The van der Waals surface area contributed by atoms with Crippen LogP contribution in [0.15, 0.2) is 23.1 Å². The quantitative estimate of drug-likeness (QED) is 0.913. The predicted octanol–water partition coefficient (Wildman–Crippen LogP) is 1.29. The van der Waals surface area contributed by atoms with E-state index in [0.717, 1.165) is 9.87 Å². The van der Waals surface area contributed by atoms with E-state index in [0.29, 0.717) is 19.4 Å². The van der Waals surface area contributed by atoms with Gasteiger partial charge in [0.05, 0.1) is 5.02 Å². The fourth-order valence-electron chi connectivity index (χ4n) is 2.25. The molecule has 2 N–H and O–H groups in total. The molecule has 1 heterocycles. The first-order valence-electron chi connectivity index (χ1n) is 5.91. The van der Waals surface area contributed by atoms with Crippen molar-refractivity contribution in [3.05, 3.63) is 28.8 Å². The van der Waals surface area contributed by atoms with Gasteiger partial charge in [0, 0.05) is 6.54 Å². The lowest BCUT2D eigenvalue weighted by Crippen LogP contribution is -2.43. The SMILES string of the molecule is Cc1ccc(S(=O)(=O)N2CCCC2C(N)=O)c(Cl)c1. The summed E-state index contributed by atoms with van der Waals surface area (Å²) in [5.74, 6) is -0.621. The summed E-state index contributed by atoms with van der Waals surface area (Å²) in [4.78, 5) is 11.3. The number of halogens is 1. The molecule has 0 spiro atoms. The lowest BCUT2D eigenvalue weighted by atomic mass is 10.2. The molecule has 104 valence electrons. The lowest BCUT2D eigenvalue weighted by molar-refractivity contribution is -0.121. The monoisotopic (exact) mass is 302 g/mol. The number of sulfonamides is 1. The third-order valence-corrected chi connectivity index (χ3v) is 5.60. The van der Waals surface area contributed by atoms with Crippen LogP contribution in [0.3, 0.4) is 0 Å². The van der Waals surface area contributed by atoms with Gasteiger partial charge in [0.1, 0.15) is 10.9 Å². The number of carbonyl (C=O) groups is 1. The first kappa shape index (κ1) is 14.3. The second-order valence-corrected chi connectivity index (χ2v) is 6.88. The molecule has 1 aliphatic heterocycles. The maximum atomic E-state index is 12.5. The number of nitrogens with two attached hydrogens (primary N) is 1. The van der Waals surface area contributed by atoms with Gasteiger partial charge in [0.25, 0.3) is 0 Å². The van der Waals surface area contributed by atoms with E-state index < -0.39 is 22.0 Å². The standard InChI is InChI=1S/C12H15ClN2O3S/c1-8-4-5-11(9(13)7-8)19(17,18)15-6-2-3-10(15)12(14)16/h4-5,7,10H,2-3,6H2,1H3,(H2,14,16). The van der Waals surface area contributed by atoms with E-state index in [9.17, 15) is 13.2 Å². The van der Waals surface area contributed by atoms with Crippen LogP contribution in [0.1, 0.15) is 18.4 Å². The molecule has 1 amide bonds. The van der Waals surface area contributed by atoms with E-state index in [1.165, 1.54) is 6.07 Å². The second-order valence-electron chi connectivity index (χ2n) is 4.61. The molecule has 1 fully saturated rings. The number of rotatable bonds is 3. The Kier molecular flexibility index (Phi) is 3.85. The van der Waals surface area contributed by atoms with Crippen LogP contribution in [0.4, 0.5) is 0 Å². The topological polar surface area (TPSA) is 80.5 Å². The molecular weight excluding hydrogens is 288 g/mol. The molecule has 1 aliphatic rings. The number of hydrogen-bond acceptors (Lipinski definition) is 3. The summed E-state index contributed by atoms with van der Waals surface area (Å²) in [5, 5.41) is 0.162. The molecule has 19 heavy (non-hydrogen) atoms. The maximum Gasteiger partial charge on any atom is 0.245 e. The zero-order chi connectivity index (χ0) is 14.2. The fraction of sp³-hybridized carbons (Fsp3) is 0.417. The highest BCUT2D eigenvalue weighted by atomic mass is 35.5. The van der Waals surface area contributed by atoms with Crippen molar-refractivity contribution in [2.24, 2.45) is 5.73 Å². The summed E-state index contributed by atoms with van der Waals surface area (Å²) in [5.41, 5.74) is 6.12. The molecule has 7 heteroatoms. The number of aryl methyl sites for hydroxylation is 1. The maximum absolute atomic E-state index is 12.5. The number of amides is 1. The number of primary amides is 1. The number of hydrogen-bond donors (Lipinski definition) is 1. The van der Waals surface area contributed by atoms with Crippen molar-refractivity contribution in [3.8, 4) is 0 Å². The van der Waals surface area contributed by atoms with Crippen molar-refractivity contribution in [1.82, 2.24) is 4.31 Å². The smallest absolute Gasteiger partial charge is 0.245 e. The first-order valence-corrected chi connectivity index (χ1v) is 7.73. The van der Waals surface area contributed by atoms with Gasteiger partial charge in [0.15, 0.2) is 0 Å². The van der Waals surface area contributed by atoms with Gasteiger partial charge in [0.2, 0.25) is 15.9 Å². The minimum atomic E-state index is -3.78. The molecule has 2 rings (SSSR count). The van der Waals surface area contributed by atoms with Crippen molar-refractivity contribution in [1.29, 1.82) is 0 Å². The highest BCUT2D eigenvalue weighted by Crippen LogP contribution is 2.30. The highest BCUT2D eigenvalue weighted by molar-refractivity contribution is 7.89. The molecule has 0 aromatic heterocycles. The minimum Gasteiger partial charge on any atom is -0.368 e. The molecule has 1 aromatic rings. The molecule has 0 bridgehead atoms. The summed E-state index contributed by atoms with van der Waals surface area (Å²) in [6.07, 6.45) is 1.08. The average Bonchev–Trinajstić information content (AvgIpc) is 2.77. The van der Waals surface area contributed by atoms with E-state index in [2.05, 4.69) is 0 Å². The lowest BCUT2D eigenvalue weighted by Gasteiger charge is -2.22. The van der Waals surface area contributed by atoms with Crippen LogP contribution in [-0.4, -0.2) is 31.2 Å². The Morgan fingerprint density at radius 3 is 2.74 bits per heavy atom. The molecule has 0 saturated carbocycles. The zero-order valence-electron chi connectivity index (χ0n) is 10.5. The summed E-state index contributed by atoms with van der Waals surface area (Å²) < 4.78 is 26.2. The van der Waals surface area contributed by atoms with E-state index >= 15 is 0 Å². The highest BCUT2D eigenvalue weighted by Gasteiger charge is 2.39. The van der Waals surface area contributed by atoms with Crippen molar-refractivity contribution in [2.45, 2.75) is 30.7 Å². The van der Waals surface area contributed by atoms with Crippen LogP contribution in [0.25, 0.3) is 0 Å². The first-order chi connectivity index (χ1) is 8.84. The van der Waals surface area contributed by atoms with Gasteiger partial charge in [-0.05, 0) is 37.5 Å². The van der Waals surface area contributed by atoms with Crippen LogP contribution in [-0.2, 0) is 14.8 Å². The number of benzene rings is 1. The zero-order valence-corrected chi connectivity index (χ0v) is 12.0. The fourth-order valence-corrected chi connectivity index (χ4v) is 4.49. The largest absolute Gasteiger partial charge is 0.368 e. The van der Waals surface area contributed by atoms with Crippen LogP contribution >= 0.6 is 11.6 Å². The summed E-state index contributed by atoms with van der Waals surface area (Å²) in [6, 6.07) is 3.95. The van der Waals surface area contributed by atoms with Crippen LogP contribution in [0.2, 0.25) is 5.02 Å². The van der Waals surface area contributed by atoms with Gasteiger partial charge >= 0.3 is 0 Å². The third-order valence-electron chi connectivity index (χ3n) is 3.21. The Morgan fingerprint density at radius 2 is 2.16 bits per heavy atom. The van der Waals surface area contributed by atoms with Crippen LogP contribution < -0.4 is 5.73 Å². The van der Waals surface area contributed by atoms with Gasteiger partial charge < -0.3 is 5.73 Å². The van der Waals surface area contributed by atoms with E-state index in [4.69, 9.17) is 17.3 Å². The van der Waals surface area contributed by atoms with Crippen LogP contribution in [0, 0.1) is 6.92 Å². The van der Waals surface area contributed by atoms with Gasteiger partial charge in [-0.15, -0.1) is 0 Å². The summed E-state index contributed by atoms with van der Waals surface area (Å²) >= 11 is 6.00. The minimum absolute atomic E-state index is 0.0212. The van der Waals surface area contributed by atoms with E-state index in [1.54, 1.807) is 12.1 Å². The molecule has 1 atom stereocenters. The van der Waals surface area contributed by atoms with E-state index in [1.807, 2.05) is 6.92 Å². The van der Waals surface area contributed by atoms with Crippen LogP contribution in [0.5, 0.6) is 0 Å². The van der Waals surface area contributed by atoms with Crippen molar-refractivity contribution in [3.63, 3.8) is 0 Å². The van der Waals surface area contributed by atoms with E-state index in [-0.39, 0.29) is 9.92 Å². The molecule has 1 saturated heterocycles. The Morgan fingerprint density at radius 1 is 1.47 bits per heavy atom. The molecule has 0 radical (unpaired) electrons. The third kappa shape index (κ3) is 2.61. The summed E-state index contributed by atoms with van der Waals surface area (Å²) in [7, 11) is -3.78. The molecule has 1 aromatic carbocycles. The molecule has 0 aliphatic carbocycles. The Balaban J connectivity index is 2.45. The van der Waals surface area contributed by atoms with Crippen molar-refractivity contribution < 1.29 is 13.2 Å². The molecular formula is C12H15ClN2O3S. The Bertz CT molecular complexity index is 615. The van der Waals surface area contributed by atoms with Gasteiger partial charge in [-0.25, -0.2) is 8.42 Å². The summed E-state index contributed by atoms with van der Waals surface area (Å²) in [6.45, 7) is 2.12. The molecule has 5 nitrogen and oxygen atoms in total. The van der Waals surface area contributed by atoms with Gasteiger partial charge in [-0.2, -0.15) is 4.31 Å². The second kappa shape index (κ2) is 5.11. The molecule has 1 unspecified atom stereocenters. The van der Waals surface area contributed by atoms with Crippen molar-refractivity contribution >= 4 is 27.5 Å².